The van der Waals surface area contributed by atoms with Crippen molar-refractivity contribution in [1.29, 1.82) is 0 Å². The van der Waals surface area contributed by atoms with Gasteiger partial charge in [0.1, 0.15) is 0 Å². The van der Waals surface area contributed by atoms with E-state index in [4.69, 9.17) is 4.74 Å². The summed E-state index contributed by atoms with van der Waals surface area (Å²) in [5.41, 5.74) is 3.73. The van der Waals surface area contributed by atoms with E-state index in [0.717, 1.165) is 17.9 Å². The minimum atomic E-state index is 0.925. The van der Waals surface area contributed by atoms with Gasteiger partial charge < -0.3 is 9.72 Å². The standard InChI is InChI=1S/C11H17NO/c1-5-10(13-4)6-11-9(3)8(2)7-12-11/h6-7,12H,5H2,1-4H3/b10-6+. The second kappa shape index (κ2) is 4.17. The number of aryl methyl sites for hydroxylation is 1. The number of H-pyrrole nitrogens is 1. The third-order valence-electron chi connectivity index (χ3n) is 2.36. The van der Waals surface area contributed by atoms with E-state index >= 15 is 0 Å². The van der Waals surface area contributed by atoms with Crippen LogP contribution in [0.15, 0.2) is 12.0 Å². The molecule has 0 fully saturated rings. The van der Waals surface area contributed by atoms with Crippen molar-refractivity contribution in [2.24, 2.45) is 0 Å². The van der Waals surface area contributed by atoms with Crippen molar-refractivity contribution >= 4 is 6.08 Å². The van der Waals surface area contributed by atoms with Gasteiger partial charge in [0.2, 0.25) is 0 Å². The highest BCUT2D eigenvalue weighted by Crippen LogP contribution is 2.16. The SMILES string of the molecule is CC/C(=C\c1[nH]cc(C)c1C)OC. The van der Waals surface area contributed by atoms with Crippen LogP contribution < -0.4 is 0 Å². The molecule has 2 nitrogen and oxygen atoms in total. The van der Waals surface area contributed by atoms with E-state index in [1.54, 1.807) is 7.11 Å². The Morgan fingerprint density at radius 2 is 2.23 bits per heavy atom. The van der Waals surface area contributed by atoms with Crippen LogP contribution >= 0.6 is 0 Å². The number of aromatic nitrogens is 1. The predicted octanol–water partition coefficient (Wildman–Crippen LogP) is 3.03. The lowest BCUT2D eigenvalue weighted by Crippen LogP contribution is -1.85. The summed E-state index contributed by atoms with van der Waals surface area (Å²) in [6.45, 7) is 6.29. The molecular formula is C11H17NO. The van der Waals surface area contributed by atoms with Crippen LogP contribution in [0.2, 0.25) is 0 Å². The largest absolute Gasteiger partial charge is 0.501 e. The number of allylic oxidation sites excluding steroid dienone is 1. The monoisotopic (exact) mass is 179 g/mol. The lowest BCUT2D eigenvalue weighted by atomic mass is 10.1. The summed E-state index contributed by atoms with van der Waals surface area (Å²) in [7, 11) is 1.71. The van der Waals surface area contributed by atoms with Gasteiger partial charge in [-0.3, -0.25) is 0 Å². The third-order valence-corrected chi connectivity index (χ3v) is 2.36. The molecule has 2 heteroatoms. The molecule has 0 saturated heterocycles. The number of rotatable bonds is 3. The van der Waals surface area contributed by atoms with E-state index in [9.17, 15) is 0 Å². The van der Waals surface area contributed by atoms with Gasteiger partial charge in [-0.05, 0) is 31.1 Å². The molecule has 13 heavy (non-hydrogen) atoms. The minimum absolute atomic E-state index is 0.925. The predicted molar refractivity (Wildman–Crippen MR) is 55.5 cm³/mol. The van der Waals surface area contributed by atoms with Gasteiger partial charge in [0, 0.05) is 18.3 Å². The van der Waals surface area contributed by atoms with Crippen molar-refractivity contribution in [2.45, 2.75) is 27.2 Å². The van der Waals surface area contributed by atoms with Crippen LogP contribution in [-0.4, -0.2) is 12.1 Å². The first-order valence-corrected chi connectivity index (χ1v) is 4.58. The van der Waals surface area contributed by atoms with E-state index in [1.165, 1.54) is 11.1 Å². The lowest BCUT2D eigenvalue weighted by molar-refractivity contribution is 0.285. The molecule has 1 aromatic heterocycles. The maximum absolute atomic E-state index is 5.21. The Balaban J connectivity index is 2.95. The van der Waals surface area contributed by atoms with Crippen molar-refractivity contribution < 1.29 is 4.74 Å². The van der Waals surface area contributed by atoms with E-state index in [-0.39, 0.29) is 0 Å². The number of nitrogens with one attached hydrogen (secondary N) is 1. The zero-order chi connectivity index (χ0) is 9.84. The lowest BCUT2D eigenvalue weighted by Gasteiger charge is -2.02. The molecule has 0 spiro atoms. The van der Waals surface area contributed by atoms with Gasteiger partial charge in [-0.25, -0.2) is 0 Å². The maximum Gasteiger partial charge on any atom is 0.0973 e. The van der Waals surface area contributed by atoms with E-state index < -0.39 is 0 Å². The van der Waals surface area contributed by atoms with Crippen LogP contribution in [0.4, 0.5) is 0 Å². The third kappa shape index (κ3) is 2.14. The number of hydrogen-bond donors (Lipinski definition) is 1. The summed E-state index contributed by atoms with van der Waals surface area (Å²) in [6, 6.07) is 0. The van der Waals surface area contributed by atoms with E-state index in [2.05, 4.69) is 31.8 Å². The van der Waals surface area contributed by atoms with Crippen molar-refractivity contribution in [3.63, 3.8) is 0 Å². The summed E-state index contributed by atoms with van der Waals surface area (Å²) in [6.07, 6.45) is 5.00. The molecule has 72 valence electrons. The summed E-state index contributed by atoms with van der Waals surface area (Å²) in [4.78, 5) is 3.22. The molecular weight excluding hydrogens is 162 g/mol. The molecule has 0 aliphatic rings. The fourth-order valence-corrected chi connectivity index (χ4v) is 1.23. The smallest absolute Gasteiger partial charge is 0.0973 e. The highest BCUT2D eigenvalue weighted by atomic mass is 16.5. The average molecular weight is 179 g/mol. The number of ether oxygens (including phenoxy) is 1. The maximum atomic E-state index is 5.21. The Kier molecular flexibility index (Phi) is 3.18. The fraction of sp³-hybridized carbons (Fsp3) is 0.455. The first kappa shape index (κ1) is 9.90. The topological polar surface area (TPSA) is 25.0 Å². The van der Waals surface area contributed by atoms with Crippen LogP contribution in [0.25, 0.3) is 6.08 Å². The Bertz CT molecular complexity index is 304. The molecule has 1 aromatic rings. The summed E-state index contributed by atoms with van der Waals surface area (Å²) >= 11 is 0. The van der Waals surface area contributed by atoms with Gasteiger partial charge in [-0.1, -0.05) is 6.92 Å². The zero-order valence-electron chi connectivity index (χ0n) is 8.77. The molecule has 1 heterocycles. The normalized spacial score (nSPS) is 11.8. The minimum Gasteiger partial charge on any atom is -0.501 e. The van der Waals surface area contributed by atoms with Crippen molar-refractivity contribution in [2.75, 3.05) is 7.11 Å². The summed E-state index contributed by atoms with van der Waals surface area (Å²) in [5.74, 6) is 1.00. The molecule has 0 atom stereocenters. The van der Waals surface area contributed by atoms with Gasteiger partial charge >= 0.3 is 0 Å². The van der Waals surface area contributed by atoms with Crippen molar-refractivity contribution in [3.8, 4) is 0 Å². The van der Waals surface area contributed by atoms with Gasteiger partial charge in [-0.2, -0.15) is 0 Å². The average Bonchev–Trinajstić information content (AvgIpc) is 2.45. The molecule has 0 bridgehead atoms. The number of aromatic amines is 1. The number of methoxy groups -OCH3 is 1. The Hall–Kier alpha value is -1.18. The number of hydrogen-bond acceptors (Lipinski definition) is 1. The Labute approximate surface area is 79.6 Å². The molecule has 1 rings (SSSR count). The molecule has 0 saturated carbocycles. The molecule has 1 N–H and O–H groups in total. The van der Waals surface area contributed by atoms with E-state index in [0.29, 0.717) is 0 Å². The van der Waals surface area contributed by atoms with Crippen LogP contribution in [0, 0.1) is 13.8 Å². The first-order valence-electron chi connectivity index (χ1n) is 4.58. The summed E-state index contributed by atoms with van der Waals surface area (Å²) in [5, 5.41) is 0. The Morgan fingerprint density at radius 3 is 2.62 bits per heavy atom. The molecule has 0 aliphatic heterocycles. The molecule has 0 aromatic carbocycles. The van der Waals surface area contributed by atoms with E-state index in [1.807, 2.05) is 6.20 Å². The fourth-order valence-electron chi connectivity index (χ4n) is 1.23. The summed E-state index contributed by atoms with van der Waals surface area (Å²) < 4.78 is 5.21. The van der Waals surface area contributed by atoms with Gasteiger partial charge in [-0.15, -0.1) is 0 Å². The van der Waals surface area contributed by atoms with Crippen LogP contribution in [-0.2, 0) is 4.74 Å². The highest BCUT2D eigenvalue weighted by molar-refractivity contribution is 5.53. The van der Waals surface area contributed by atoms with Gasteiger partial charge in [0.25, 0.3) is 0 Å². The van der Waals surface area contributed by atoms with Crippen LogP contribution in [0.1, 0.15) is 30.2 Å². The van der Waals surface area contributed by atoms with Gasteiger partial charge in [0.15, 0.2) is 0 Å². The molecule has 0 amide bonds. The first-order chi connectivity index (χ1) is 6.19. The van der Waals surface area contributed by atoms with Crippen LogP contribution in [0.5, 0.6) is 0 Å². The van der Waals surface area contributed by atoms with Crippen molar-refractivity contribution in [3.05, 3.63) is 28.8 Å². The second-order valence-electron chi connectivity index (χ2n) is 3.18. The second-order valence-corrected chi connectivity index (χ2v) is 3.18. The highest BCUT2D eigenvalue weighted by Gasteiger charge is 2.01. The van der Waals surface area contributed by atoms with Gasteiger partial charge in [0.05, 0.1) is 12.9 Å². The molecule has 0 radical (unpaired) electrons. The van der Waals surface area contributed by atoms with Crippen LogP contribution in [0.3, 0.4) is 0 Å². The zero-order valence-corrected chi connectivity index (χ0v) is 8.77. The van der Waals surface area contributed by atoms with Crippen molar-refractivity contribution in [1.82, 2.24) is 4.98 Å². The molecule has 0 aliphatic carbocycles. The molecule has 0 unspecified atom stereocenters. The Morgan fingerprint density at radius 1 is 1.54 bits per heavy atom. The quantitative estimate of drug-likeness (QED) is 0.709.